The zero-order valence-electron chi connectivity index (χ0n) is 17.2. The van der Waals surface area contributed by atoms with Crippen LogP contribution in [0.15, 0.2) is 83.9 Å². The standard InChI is InChI=1S/C25H24ClN3O/c1-17-22(26)13-8-14-23(17)28-25-27-18(2)24(30-3)16-29(25)15-20-11-7-10-19-9-5-4-6-12-21(19)20/h4-8,10-14,16H,2,9,15H2,1,3H3,(H,27,28). The summed E-state index contributed by atoms with van der Waals surface area (Å²) in [6, 6.07) is 12.2. The number of ether oxygens (including phenoxy) is 1. The number of guanidine groups is 1. The average Bonchev–Trinajstić information content (AvgIpc) is 2.99. The van der Waals surface area contributed by atoms with E-state index in [1.165, 1.54) is 16.7 Å². The molecule has 0 bridgehead atoms. The number of nitrogens with one attached hydrogen (secondary N) is 1. The van der Waals surface area contributed by atoms with E-state index in [-0.39, 0.29) is 0 Å². The van der Waals surface area contributed by atoms with Gasteiger partial charge < -0.3 is 15.0 Å². The number of benzene rings is 2. The van der Waals surface area contributed by atoms with Crippen LogP contribution in [-0.4, -0.2) is 18.0 Å². The third-order valence-corrected chi connectivity index (χ3v) is 5.68. The van der Waals surface area contributed by atoms with Gasteiger partial charge in [-0.1, -0.05) is 66.7 Å². The summed E-state index contributed by atoms with van der Waals surface area (Å²) in [5.41, 5.74) is 6.19. The second kappa shape index (κ2) is 8.64. The van der Waals surface area contributed by atoms with Crippen molar-refractivity contribution >= 4 is 29.3 Å². The van der Waals surface area contributed by atoms with Crippen LogP contribution in [0.25, 0.3) is 6.08 Å². The van der Waals surface area contributed by atoms with Crippen molar-refractivity contribution in [3.8, 4) is 0 Å². The topological polar surface area (TPSA) is 36.9 Å². The maximum Gasteiger partial charge on any atom is 0.208 e. The normalized spacial score (nSPS) is 16.8. The molecule has 1 N–H and O–H groups in total. The molecule has 0 unspecified atom stereocenters. The van der Waals surface area contributed by atoms with E-state index in [0.29, 0.717) is 29.0 Å². The van der Waals surface area contributed by atoms with Gasteiger partial charge >= 0.3 is 0 Å². The highest BCUT2D eigenvalue weighted by atomic mass is 35.5. The van der Waals surface area contributed by atoms with Crippen LogP contribution in [0.4, 0.5) is 5.69 Å². The van der Waals surface area contributed by atoms with Gasteiger partial charge in [-0.15, -0.1) is 0 Å². The van der Waals surface area contributed by atoms with Crippen LogP contribution in [0.1, 0.15) is 22.3 Å². The van der Waals surface area contributed by atoms with Crippen molar-refractivity contribution in [1.82, 2.24) is 10.2 Å². The van der Waals surface area contributed by atoms with Crippen LogP contribution in [0.5, 0.6) is 0 Å². The minimum atomic E-state index is 0.638. The molecular weight excluding hydrogens is 394 g/mol. The number of methoxy groups -OCH3 is 1. The number of aliphatic imine (C=N–C) groups is 1. The summed E-state index contributed by atoms with van der Waals surface area (Å²) in [6.45, 7) is 6.67. The fourth-order valence-corrected chi connectivity index (χ4v) is 3.74. The molecule has 5 heteroatoms. The Morgan fingerprint density at radius 1 is 1.20 bits per heavy atom. The smallest absolute Gasteiger partial charge is 0.208 e. The number of nitrogens with zero attached hydrogens (tertiary/aromatic N) is 2. The number of fused-ring (bicyclic) bond motifs is 1. The summed E-state index contributed by atoms with van der Waals surface area (Å²) in [5, 5.41) is 3.98. The van der Waals surface area contributed by atoms with Gasteiger partial charge in [0.15, 0.2) is 5.76 Å². The first-order valence-corrected chi connectivity index (χ1v) is 10.2. The van der Waals surface area contributed by atoms with E-state index >= 15 is 0 Å². The van der Waals surface area contributed by atoms with E-state index in [0.717, 1.165) is 17.7 Å². The minimum Gasteiger partial charge on any atom is -0.493 e. The summed E-state index contributed by atoms with van der Waals surface area (Å²) in [6.07, 6.45) is 11.4. The van der Waals surface area contributed by atoms with E-state index in [2.05, 4.69) is 59.3 Å². The summed E-state index contributed by atoms with van der Waals surface area (Å²) in [7, 11) is 1.64. The molecule has 0 spiro atoms. The Labute approximate surface area is 182 Å². The van der Waals surface area contributed by atoms with E-state index in [1.54, 1.807) is 7.11 Å². The Hall–Kier alpha value is -3.24. The Kier molecular flexibility index (Phi) is 5.77. The molecule has 0 aromatic heterocycles. The fourth-order valence-electron chi connectivity index (χ4n) is 3.57. The highest BCUT2D eigenvalue weighted by Crippen LogP contribution is 2.28. The first-order chi connectivity index (χ1) is 14.6. The minimum absolute atomic E-state index is 0.638. The zero-order valence-corrected chi connectivity index (χ0v) is 17.9. The average molecular weight is 418 g/mol. The lowest BCUT2D eigenvalue weighted by atomic mass is 9.99. The quantitative estimate of drug-likeness (QED) is 0.676. The summed E-state index contributed by atoms with van der Waals surface area (Å²) in [4.78, 5) is 6.91. The maximum atomic E-state index is 6.30. The fraction of sp³-hybridized carbons (Fsp3) is 0.160. The van der Waals surface area contributed by atoms with Crippen LogP contribution in [-0.2, 0) is 17.7 Å². The lowest BCUT2D eigenvalue weighted by Crippen LogP contribution is -2.41. The Morgan fingerprint density at radius 2 is 2.03 bits per heavy atom. The largest absolute Gasteiger partial charge is 0.493 e. The first kappa shape index (κ1) is 20.0. The van der Waals surface area contributed by atoms with Crippen LogP contribution in [0.3, 0.4) is 0 Å². The highest BCUT2D eigenvalue weighted by molar-refractivity contribution is 6.31. The van der Waals surface area contributed by atoms with Crippen LogP contribution in [0.2, 0.25) is 5.02 Å². The molecule has 152 valence electrons. The van der Waals surface area contributed by atoms with E-state index in [1.807, 2.05) is 31.3 Å². The molecule has 2 aliphatic rings. The number of hydrogen-bond acceptors (Lipinski definition) is 2. The van der Waals surface area contributed by atoms with Crippen molar-refractivity contribution in [2.75, 3.05) is 7.11 Å². The first-order valence-electron chi connectivity index (χ1n) is 9.83. The van der Waals surface area contributed by atoms with Crippen LogP contribution < -0.4 is 5.32 Å². The van der Waals surface area contributed by atoms with Crippen molar-refractivity contribution < 1.29 is 4.74 Å². The Bertz CT molecular complexity index is 1110. The molecule has 0 saturated carbocycles. The van der Waals surface area contributed by atoms with Crippen LogP contribution in [0, 0.1) is 6.92 Å². The predicted molar refractivity (Wildman–Crippen MR) is 125 cm³/mol. The number of rotatable bonds is 4. The van der Waals surface area contributed by atoms with Crippen molar-refractivity contribution in [2.45, 2.75) is 19.9 Å². The number of hydrogen-bond donors (Lipinski definition) is 1. The molecule has 2 aromatic rings. The molecule has 2 aromatic carbocycles. The maximum absolute atomic E-state index is 6.30. The zero-order chi connectivity index (χ0) is 21.1. The van der Waals surface area contributed by atoms with Crippen LogP contribution >= 0.6 is 11.6 Å². The van der Waals surface area contributed by atoms with Gasteiger partial charge in [-0.3, -0.25) is 0 Å². The Morgan fingerprint density at radius 3 is 2.87 bits per heavy atom. The molecule has 1 aliphatic heterocycles. The summed E-state index contributed by atoms with van der Waals surface area (Å²) in [5.74, 6) is 1.36. The van der Waals surface area contributed by atoms with Gasteiger partial charge in [-0.2, -0.15) is 0 Å². The molecule has 1 heterocycles. The van der Waals surface area contributed by atoms with E-state index in [4.69, 9.17) is 21.3 Å². The molecular formula is C25H24ClN3O. The lowest BCUT2D eigenvalue weighted by molar-refractivity contribution is 0.282. The third-order valence-electron chi connectivity index (χ3n) is 5.27. The predicted octanol–water partition coefficient (Wildman–Crippen LogP) is 5.87. The van der Waals surface area contributed by atoms with Crippen molar-refractivity contribution in [3.63, 3.8) is 0 Å². The molecule has 4 nitrogen and oxygen atoms in total. The molecule has 1 aliphatic carbocycles. The molecule has 0 saturated heterocycles. The molecule has 0 atom stereocenters. The van der Waals surface area contributed by atoms with Gasteiger partial charge in [0.05, 0.1) is 31.2 Å². The van der Waals surface area contributed by atoms with E-state index in [9.17, 15) is 0 Å². The number of halogens is 1. The molecule has 4 rings (SSSR count). The van der Waals surface area contributed by atoms with Gasteiger partial charge in [-0.25, -0.2) is 4.99 Å². The van der Waals surface area contributed by atoms with Gasteiger partial charge in [0.1, 0.15) is 0 Å². The van der Waals surface area contributed by atoms with Gasteiger partial charge in [0.2, 0.25) is 5.96 Å². The molecule has 0 amide bonds. The summed E-state index contributed by atoms with van der Waals surface area (Å²) < 4.78 is 5.50. The second-order valence-electron chi connectivity index (χ2n) is 7.23. The number of allylic oxidation sites excluding steroid dienone is 3. The summed E-state index contributed by atoms with van der Waals surface area (Å²) >= 11 is 6.30. The third kappa shape index (κ3) is 4.05. The Balaban J connectivity index is 1.75. The van der Waals surface area contributed by atoms with Gasteiger partial charge in [-0.05, 0) is 47.7 Å². The van der Waals surface area contributed by atoms with Crippen molar-refractivity contribution in [3.05, 3.63) is 106 Å². The second-order valence-corrected chi connectivity index (χ2v) is 7.64. The SMILES string of the molecule is C=C1NC(=Nc2cccc(Cl)c2C)N(Cc2cccc3c2C=CC=CC3)C=C1OC. The lowest BCUT2D eigenvalue weighted by Gasteiger charge is -2.30. The molecule has 30 heavy (non-hydrogen) atoms. The van der Waals surface area contributed by atoms with Gasteiger partial charge in [0.25, 0.3) is 0 Å². The van der Waals surface area contributed by atoms with E-state index < -0.39 is 0 Å². The molecule has 0 radical (unpaired) electrons. The monoisotopic (exact) mass is 417 g/mol. The van der Waals surface area contributed by atoms with Gasteiger partial charge in [0, 0.05) is 5.02 Å². The molecule has 0 fully saturated rings. The van der Waals surface area contributed by atoms with Crippen molar-refractivity contribution in [2.24, 2.45) is 4.99 Å². The van der Waals surface area contributed by atoms with Crippen molar-refractivity contribution in [1.29, 1.82) is 0 Å². The highest BCUT2D eigenvalue weighted by Gasteiger charge is 2.22.